The summed E-state index contributed by atoms with van der Waals surface area (Å²) in [5.41, 5.74) is 2.88. The minimum atomic E-state index is -0.888. The number of hydrogen-bond donors (Lipinski definition) is 3. The van der Waals surface area contributed by atoms with Gasteiger partial charge < -0.3 is 19.6 Å². The first-order valence-corrected chi connectivity index (χ1v) is 10.8. The molecule has 0 spiro atoms. The summed E-state index contributed by atoms with van der Waals surface area (Å²) in [6, 6.07) is 10.9. The normalized spacial score (nSPS) is 12.3. The molecule has 2 aromatic carbocycles. The lowest BCUT2D eigenvalue weighted by atomic mass is 10.0. The number of aromatic nitrogens is 1. The van der Waals surface area contributed by atoms with Crippen LogP contribution in [0.4, 0.5) is 0 Å². The van der Waals surface area contributed by atoms with Gasteiger partial charge in [0.05, 0.1) is 12.7 Å². The summed E-state index contributed by atoms with van der Waals surface area (Å²) in [6.07, 6.45) is 2.28. The molecule has 0 amide bonds. The summed E-state index contributed by atoms with van der Waals surface area (Å²) >= 11 is 3.57. The predicted octanol–water partition coefficient (Wildman–Crippen LogP) is 4.90. The van der Waals surface area contributed by atoms with Gasteiger partial charge in [0.25, 0.3) is 0 Å². The van der Waals surface area contributed by atoms with Crippen molar-refractivity contribution in [2.45, 2.75) is 45.9 Å². The molecule has 1 atom stereocenters. The zero-order chi connectivity index (χ0) is 21.7. The van der Waals surface area contributed by atoms with Gasteiger partial charge in [-0.3, -0.25) is 10.1 Å². The van der Waals surface area contributed by atoms with Crippen LogP contribution in [-0.4, -0.2) is 34.8 Å². The highest BCUT2D eigenvalue weighted by Gasteiger charge is 2.20. The summed E-state index contributed by atoms with van der Waals surface area (Å²) < 4.78 is 12.4. The molecule has 1 unspecified atom stereocenters. The lowest BCUT2D eigenvalue weighted by molar-refractivity contribution is -0.139. The summed E-state index contributed by atoms with van der Waals surface area (Å²) in [5, 5.41) is 14.0. The zero-order valence-electron chi connectivity index (χ0n) is 17.4. The van der Waals surface area contributed by atoms with Gasteiger partial charge in [-0.2, -0.15) is 0 Å². The van der Waals surface area contributed by atoms with Gasteiger partial charge in [0, 0.05) is 34.5 Å². The lowest BCUT2D eigenvalue weighted by Gasteiger charge is -2.19. The number of para-hydroxylation sites is 1. The molecular formula is C23H27BrN2O4. The van der Waals surface area contributed by atoms with Gasteiger partial charge in [0.2, 0.25) is 0 Å². The van der Waals surface area contributed by atoms with Crippen LogP contribution in [0.3, 0.4) is 0 Å². The Morgan fingerprint density at radius 2 is 1.97 bits per heavy atom. The molecule has 0 fully saturated rings. The Morgan fingerprint density at radius 3 is 2.67 bits per heavy atom. The van der Waals surface area contributed by atoms with E-state index in [1.807, 2.05) is 63.4 Å². The van der Waals surface area contributed by atoms with Gasteiger partial charge in [-0.15, -0.1) is 0 Å². The number of rotatable bonds is 10. The summed E-state index contributed by atoms with van der Waals surface area (Å²) in [4.78, 5) is 15.1. The van der Waals surface area contributed by atoms with Crippen LogP contribution in [0.5, 0.6) is 11.5 Å². The van der Waals surface area contributed by atoms with Gasteiger partial charge in [0.15, 0.2) is 11.5 Å². The number of ether oxygens (including phenoxy) is 2. The minimum absolute atomic E-state index is 0.0210. The monoisotopic (exact) mass is 474 g/mol. The van der Waals surface area contributed by atoms with Gasteiger partial charge in [-0.25, -0.2) is 0 Å². The molecule has 0 aliphatic carbocycles. The molecule has 0 radical (unpaired) electrons. The van der Waals surface area contributed by atoms with E-state index in [-0.39, 0.29) is 6.10 Å². The number of fused-ring (bicyclic) bond motifs is 1. The number of H-pyrrole nitrogens is 1. The van der Waals surface area contributed by atoms with Crippen LogP contribution in [-0.2, 0) is 17.8 Å². The van der Waals surface area contributed by atoms with Crippen molar-refractivity contribution >= 4 is 32.8 Å². The van der Waals surface area contributed by atoms with Crippen LogP contribution in [0.2, 0.25) is 0 Å². The molecule has 0 saturated carbocycles. The van der Waals surface area contributed by atoms with Crippen molar-refractivity contribution in [3.63, 3.8) is 0 Å². The molecule has 30 heavy (non-hydrogen) atoms. The number of nitrogens with one attached hydrogen (secondary N) is 2. The second-order valence-corrected chi connectivity index (χ2v) is 8.18. The van der Waals surface area contributed by atoms with Crippen LogP contribution >= 0.6 is 15.9 Å². The number of aromatic amines is 1. The maximum absolute atomic E-state index is 11.9. The Labute approximate surface area is 184 Å². The van der Waals surface area contributed by atoms with E-state index in [1.165, 1.54) is 0 Å². The third-order valence-corrected chi connectivity index (χ3v) is 5.45. The Morgan fingerprint density at radius 1 is 1.20 bits per heavy atom. The lowest BCUT2D eigenvalue weighted by Crippen LogP contribution is -2.38. The molecule has 7 heteroatoms. The van der Waals surface area contributed by atoms with Crippen LogP contribution in [0, 0.1) is 0 Å². The standard InChI is InChI=1S/C23H27BrN2O4/c1-4-29-21-10-16(18(24)11-22(21)30-14(2)3)13-26-20(23(27)28)9-15-12-25-19-8-6-5-7-17(15)19/h5-8,10-12,14,20,25-26H,4,9,13H2,1-3H3,(H,27,28). The molecular weight excluding hydrogens is 448 g/mol. The van der Waals surface area contributed by atoms with E-state index in [0.29, 0.717) is 31.1 Å². The summed E-state index contributed by atoms with van der Waals surface area (Å²) in [5.74, 6) is 0.423. The smallest absolute Gasteiger partial charge is 0.321 e. The van der Waals surface area contributed by atoms with Gasteiger partial charge in [-0.1, -0.05) is 34.1 Å². The molecule has 0 bridgehead atoms. The fraction of sp³-hybridized carbons (Fsp3) is 0.348. The fourth-order valence-electron chi connectivity index (χ4n) is 3.33. The average molecular weight is 475 g/mol. The third-order valence-electron chi connectivity index (χ3n) is 4.71. The number of carboxylic acid groups (broad SMARTS) is 1. The highest BCUT2D eigenvalue weighted by molar-refractivity contribution is 9.10. The Kier molecular flexibility index (Phi) is 7.39. The first kappa shape index (κ1) is 22.2. The third kappa shape index (κ3) is 5.34. The van der Waals surface area contributed by atoms with Crippen molar-refractivity contribution in [2.75, 3.05) is 6.61 Å². The Balaban J connectivity index is 1.77. The molecule has 160 valence electrons. The first-order chi connectivity index (χ1) is 14.4. The van der Waals surface area contributed by atoms with E-state index >= 15 is 0 Å². The van der Waals surface area contributed by atoms with Crippen LogP contribution < -0.4 is 14.8 Å². The number of aliphatic carboxylic acids is 1. The average Bonchev–Trinajstić information content (AvgIpc) is 3.10. The molecule has 0 aliphatic rings. The zero-order valence-corrected chi connectivity index (χ0v) is 19.0. The largest absolute Gasteiger partial charge is 0.490 e. The minimum Gasteiger partial charge on any atom is -0.490 e. The van der Waals surface area contributed by atoms with Crippen LogP contribution in [0.15, 0.2) is 47.1 Å². The molecule has 1 heterocycles. The van der Waals surface area contributed by atoms with Crippen molar-refractivity contribution in [1.82, 2.24) is 10.3 Å². The van der Waals surface area contributed by atoms with Crippen molar-refractivity contribution in [3.05, 3.63) is 58.2 Å². The second-order valence-electron chi connectivity index (χ2n) is 7.33. The quantitative estimate of drug-likeness (QED) is 0.389. The summed E-state index contributed by atoms with van der Waals surface area (Å²) in [6.45, 7) is 6.73. The number of halogens is 1. The fourth-order valence-corrected chi connectivity index (χ4v) is 3.79. The van der Waals surface area contributed by atoms with E-state index in [1.54, 1.807) is 0 Å². The molecule has 1 aromatic heterocycles. The van der Waals surface area contributed by atoms with Gasteiger partial charge in [-0.05, 0) is 50.1 Å². The maximum Gasteiger partial charge on any atom is 0.321 e. The van der Waals surface area contributed by atoms with Crippen molar-refractivity contribution in [3.8, 4) is 11.5 Å². The highest BCUT2D eigenvalue weighted by Crippen LogP contribution is 2.34. The van der Waals surface area contributed by atoms with Crippen molar-refractivity contribution in [1.29, 1.82) is 0 Å². The SMILES string of the molecule is CCOc1cc(CNC(Cc2c[nH]c3ccccc23)C(=O)O)c(Br)cc1OC(C)C. The van der Waals surface area contributed by atoms with Gasteiger partial charge in [0.1, 0.15) is 6.04 Å². The maximum atomic E-state index is 11.9. The number of carboxylic acids is 1. The number of hydrogen-bond acceptors (Lipinski definition) is 4. The van der Waals surface area contributed by atoms with E-state index in [9.17, 15) is 9.90 Å². The van der Waals surface area contributed by atoms with E-state index in [4.69, 9.17) is 9.47 Å². The summed E-state index contributed by atoms with van der Waals surface area (Å²) in [7, 11) is 0. The highest BCUT2D eigenvalue weighted by atomic mass is 79.9. The van der Waals surface area contributed by atoms with E-state index in [2.05, 4.69) is 26.2 Å². The van der Waals surface area contributed by atoms with Crippen molar-refractivity contribution in [2.24, 2.45) is 0 Å². The predicted molar refractivity (Wildman–Crippen MR) is 121 cm³/mol. The molecule has 3 rings (SSSR count). The Hall–Kier alpha value is -2.51. The molecule has 3 N–H and O–H groups in total. The Bertz CT molecular complexity index is 1020. The van der Waals surface area contributed by atoms with E-state index in [0.717, 1.165) is 26.5 Å². The van der Waals surface area contributed by atoms with Gasteiger partial charge >= 0.3 is 5.97 Å². The second kappa shape index (κ2) is 10.00. The number of benzene rings is 2. The van der Waals surface area contributed by atoms with Crippen molar-refractivity contribution < 1.29 is 19.4 Å². The van der Waals surface area contributed by atoms with Crippen LogP contribution in [0.25, 0.3) is 10.9 Å². The molecule has 0 saturated heterocycles. The molecule has 0 aliphatic heterocycles. The molecule has 3 aromatic rings. The topological polar surface area (TPSA) is 83.6 Å². The van der Waals surface area contributed by atoms with E-state index < -0.39 is 12.0 Å². The number of carbonyl (C=O) groups is 1. The first-order valence-electron chi connectivity index (χ1n) is 10.0. The molecule has 6 nitrogen and oxygen atoms in total. The van der Waals surface area contributed by atoms with Crippen LogP contribution in [0.1, 0.15) is 31.9 Å².